The fraction of sp³-hybridized carbons (Fsp3) is 0.562. The molecule has 1 rings (SSSR count). The SMILES string of the molecule is CCCC(Br)C(=O)c1cc(C(C)(C)C)ccc1OC. The van der Waals surface area contributed by atoms with E-state index in [1.54, 1.807) is 7.11 Å². The predicted octanol–water partition coefficient (Wildman–Crippen LogP) is 4.74. The maximum Gasteiger partial charge on any atom is 0.180 e. The Hall–Kier alpha value is -0.830. The van der Waals surface area contributed by atoms with Crippen molar-refractivity contribution in [2.75, 3.05) is 7.11 Å². The monoisotopic (exact) mass is 326 g/mol. The van der Waals surface area contributed by atoms with Gasteiger partial charge in [-0.15, -0.1) is 0 Å². The summed E-state index contributed by atoms with van der Waals surface area (Å²) in [7, 11) is 1.60. The van der Waals surface area contributed by atoms with Crippen molar-refractivity contribution in [1.82, 2.24) is 0 Å². The van der Waals surface area contributed by atoms with Crippen molar-refractivity contribution < 1.29 is 9.53 Å². The average molecular weight is 327 g/mol. The summed E-state index contributed by atoms with van der Waals surface area (Å²) in [6.45, 7) is 8.49. The highest BCUT2D eigenvalue weighted by Crippen LogP contribution is 2.30. The van der Waals surface area contributed by atoms with Gasteiger partial charge in [-0.1, -0.05) is 56.1 Å². The van der Waals surface area contributed by atoms with Gasteiger partial charge in [0.05, 0.1) is 17.5 Å². The Morgan fingerprint density at radius 3 is 2.47 bits per heavy atom. The molecule has 0 saturated carbocycles. The number of rotatable bonds is 5. The summed E-state index contributed by atoms with van der Waals surface area (Å²) in [5.41, 5.74) is 1.84. The molecule has 19 heavy (non-hydrogen) atoms. The maximum atomic E-state index is 12.5. The molecule has 1 aromatic rings. The molecule has 0 aliphatic heterocycles. The van der Waals surface area contributed by atoms with Crippen LogP contribution < -0.4 is 4.74 Å². The summed E-state index contributed by atoms with van der Waals surface area (Å²) >= 11 is 3.47. The Bertz CT molecular complexity index is 447. The van der Waals surface area contributed by atoms with Crippen molar-refractivity contribution in [2.24, 2.45) is 0 Å². The number of ether oxygens (including phenoxy) is 1. The molecule has 106 valence electrons. The number of carbonyl (C=O) groups excluding carboxylic acids is 1. The van der Waals surface area contributed by atoms with Gasteiger partial charge in [0, 0.05) is 0 Å². The Balaban J connectivity index is 3.20. The van der Waals surface area contributed by atoms with Crippen LogP contribution in [-0.2, 0) is 5.41 Å². The van der Waals surface area contributed by atoms with Gasteiger partial charge in [-0.05, 0) is 29.5 Å². The number of hydrogen-bond donors (Lipinski definition) is 0. The Morgan fingerprint density at radius 1 is 1.37 bits per heavy atom. The topological polar surface area (TPSA) is 26.3 Å². The molecule has 0 saturated heterocycles. The summed E-state index contributed by atoms with van der Waals surface area (Å²) in [6.07, 6.45) is 1.81. The zero-order valence-electron chi connectivity index (χ0n) is 12.4. The van der Waals surface area contributed by atoms with Crippen LogP contribution in [0.5, 0.6) is 5.75 Å². The third kappa shape index (κ3) is 4.07. The van der Waals surface area contributed by atoms with E-state index in [2.05, 4.69) is 43.6 Å². The van der Waals surface area contributed by atoms with Crippen LogP contribution in [0.1, 0.15) is 56.5 Å². The first-order valence-electron chi connectivity index (χ1n) is 6.68. The molecule has 0 aliphatic rings. The minimum absolute atomic E-state index is 0.0217. The van der Waals surface area contributed by atoms with Crippen molar-refractivity contribution >= 4 is 21.7 Å². The summed E-state index contributed by atoms with van der Waals surface area (Å²) < 4.78 is 5.32. The standard InChI is InChI=1S/C16H23BrO2/c1-6-7-13(17)15(18)12-10-11(16(2,3)4)8-9-14(12)19-5/h8-10,13H,6-7H2,1-5H3. The molecule has 0 N–H and O–H groups in total. The van der Waals surface area contributed by atoms with Gasteiger partial charge in [0.2, 0.25) is 0 Å². The van der Waals surface area contributed by atoms with E-state index in [1.165, 1.54) is 0 Å². The van der Waals surface area contributed by atoms with Crippen molar-refractivity contribution in [3.63, 3.8) is 0 Å². The van der Waals surface area contributed by atoms with Crippen LogP contribution >= 0.6 is 15.9 Å². The van der Waals surface area contributed by atoms with E-state index in [-0.39, 0.29) is 16.0 Å². The number of carbonyl (C=O) groups is 1. The summed E-state index contributed by atoms with van der Waals surface area (Å²) in [5, 5.41) is 0. The number of ketones is 1. The highest BCUT2D eigenvalue weighted by molar-refractivity contribution is 9.10. The normalized spacial score (nSPS) is 13.2. The Kier molecular flexibility index (Phi) is 5.60. The number of hydrogen-bond acceptors (Lipinski definition) is 2. The quantitative estimate of drug-likeness (QED) is 0.577. The van der Waals surface area contributed by atoms with Crippen LogP contribution in [-0.4, -0.2) is 17.7 Å². The highest BCUT2D eigenvalue weighted by Gasteiger charge is 2.23. The smallest absolute Gasteiger partial charge is 0.180 e. The van der Waals surface area contributed by atoms with E-state index in [0.717, 1.165) is 18.4 Å². The molecule has 0 bridgehead atoms. The molecule has 1 unspecified atom stereocenters. The second kappa shape index (κ2) is 6.56. The fourth-order valence-corrected chi connectivity index (χ4v) is 2.62. The van der Waals surface area contributed by atoms with E-state index < -0.39 is 0 Å². The summed E-state index contributed by atoms with van der Waals surface area (Å²) in [6, 6.07) is 5.88. The second-order valence-electron chi connectivity index (χ2n) is 5.79. The van der Waals surface area contributed by atoms with Crippen LogP contribution in [0.2, 0.25) is 0 Å². The third-order valence-electron chi connectivity index (χ3n) is 3.16. The van der Waals surface area contributed by atoms with E-state index >= 15 is 0 Å². The van der Waals surface area contributed by atoms with Gasteiger partial charge in [-0.25, -0.2) is 0 Å². The first-order valence-corrected chi connectivity index (χ1v) is 7.59. The first kappa shape index (κ1) is 16.2. The average Bonchev–Trinajstić information content (AvgIpc) is 2.36. The molecule has 0 fully saturated rings. The minimum atomic E-state index is -0.137. The van der Waals surface area contributed by atoms with Crippen LogP contribution in [0, 0.1) is 0 Å². The molecule has 0 aromatic heterocycles. The molecule has 1 atom stereocenters. The molecule has 3 heteroatoms. The van der Waals surface area contributed by atoms with Crippen LogP contribution in [0.25, 0.3) is 0 Å². The van der Waals surface area contributed by atoms with E-state index in [4.69, 9.17) is 4.74 Å². The predicted molar refractivity (Wildman–Crippen MR) is 83.6 cm³/mol. The number of Topliss-reactive ketones (excluding diaryl/α,β-unsaturated/α-hetero) is 1. The molecule has 0 spiro atoms. The highest BCUT2D eigenvalue weighted by atomic mass is 79.9. The lowest BCUT2D eigenvalue weighted by atomic mass is 9.85. The lowest BCUT2D eigenvalue weighted by molar-refractivity contribution is 0.0985. The first-order chi connectivity index (χ1) is 8.81. The molecule has 1 aromatic carbocycles. The molecule has 0 aliphatic carbocycles. The van der Waals surface area contributed by atoms with Crippen molar-refractivity contribution in [1.29, 1.82) is 0 Å². The largest absolute Gasteiger partial charge is 0.496 e. The third-order valence-corrected chi connectivity index (χ3v) is 4.03. The van der Waals surface area contributed by atoms with E-state index in [9.17, 15) is 4.79 Å². The summed E-state index contributed by atoms with van der Waals surface area (Å²) in [5.74, 6) is 0.753. The van der Waals surface area contributed by atoms with Gasteiger partial charge in [0.25, 0.3) is 0 Å². The van der Waals surface area contributed by atoms with E-state index in [0.29, 0.717) is 11.3 Å². The molecular formula is C16H23BrO2. The Morgan fingerprint density at radius 2 is 2.00 bits per heavy atom. The molecular weight excluding hydrogens is 304 g/mol. The van der Waals surface area contributed by atoms with Crippen LogP contribution in [0.4, 0.5) is 0 Å². The second-order valence-corrected chi connectivity index (χ2v) is 6.89. The van der Waals surface area contributed by atoms with E-state index in [1.807, 2.05) is 18.2 Å². The van der Waals surface area contributed by atoms with Crippen molar-refractivity contribution in [3.05, 3.63) is 29.3 Å². The van der Waals surface area contributed by atoms with Gasteiger partial charge >= 0.3 is 0 Å². The van der Waals surface area contributed by atoms with Gasteiger partial charge in [0.15, 0.2) is 5.78 Å². The number of methoxy groups -OCH3 is 1. The van der Waals surface area contributed by atoms with Gasteiger partial charge in [-0.3, -0.25) is 4.79 Å². The molecule has 0 radical (unpaired) electrons. The summed E-state index contributed by atoms with van der Waals surface area (Å²) in [4.78, 5) is 12.3. The maximum absolute atomic E-state index is 12.5. The van der Waals surface area contributed by atoms with Gasteiger partial charge in [0.1, 0.15) is 5.75 Å². The van der Waals surface area contributed by atoms with Crippen molar-refractivity contribution in [2.45, 2.75) is 50.8 Å². The molecule has 0 heterocycles. The van der Waals surface area contributed by atoms with Gasteiger partial charge in [-0.2, -0.15) is 0 Å². The van der Waals surface area contributed by atoms with Gasteiger partial charge < -0.3 is 4.74 Å². The van der Waals surface area contributed by atoms with Crippen molar-refractivity contribution in [3.8, 4) is 5.75 Å². The number of alkyl halides is 1. The zero-order valence-corrected chi connectivity index (χ0v) is 14.0. The molecule has 2 nitrogen and oxygen atoms in total. The van der Waals surface area contributed by atoms with Crippen LogP contribution in [0.15, 0.2) is 18.2 Å². The fourth-order valence-electron chi connectivity index (χ4n) is 1.92. The molecule has 0 amide bonds. The number of halogens is 1. The number of benzene rings is 1. The lowest BCUT2D eigenvalue weighted by Gasteiger charge is -2.21. The minimum Gasteiger partial charge on any atom is -0.496 e. The zero-order chi connectivity index (χ0) is 14.6. The lowest BCUT2D eigenvalue weighted by Crippen LogP contribution is -2.17. The Labute approximate surface area is 124 Å². The van der Waals surface area contributed by atoms with Crippen LogP contribution in [0.3, 0.4) is 0 Å².